The summed E-state index contributed by atoms with van der Waals surface area (Å²) in [6.45, 7) is 0.191. The van der Waals surface area contributed by atoms with E-state index in [1.165, 1.54) is 29.0 Å². The molecule has 1 aromatic carbocycles. The van der Waals surface area contributed by atoms with E-state index < -0.39 is 12.1 Å². The van der Waals surface area contributed by atoms with Crippen LogP contribution in [0.25, 0.3) is 0 Å². The van der Waals surface area contributed by atoms with Crippen LogP contribution in [-0.4, -0.2) is 70.2 Å². The van der Waals surface area contributed by atoms with Crippen molar-refractivity contribution >= 4 is 29.2 Å². The number of ketones is 1. The van der Waals surface area contributed by atoms with Gasteiger partial charge in [0.25, 0.3) is 5.56 Å². The number of nitrogens with zero attached hydrogens (tertiary/aromatic N) is 5. The number of hydrogen-bond acceptors (Lipinski definition) is 9. The molecule has 1 atom stereocenters. The van der Waals surface area contributed by atoms with Gasteiger partial charge in [-0.1, -0.05) is 30.3 Å². The van der Waals surface area contributed by atoms with Crippen molar-refractivity contribution in [3.05, 3.63) is 88.8 Å². The molecule has 218 valence electrons. The standard InChI is InChI=1S/C30H32N6O6/c1-35(2)26(38)14-8-7-13-23(34-30(40)41-3)25(37)16-20-10-9-15-36(29(20)39)18-21-17-24-27(33-21)28(32-19-31-24)42-22-11-5-4-6-12-22/h4-6,8-12,14-15,19,23H,7,13,16-18H2,1-3H3,(H,34,40)/b14-8+/t23-/m0/s1. The summed E-state index contributed by atoms with van der Waals surface area (Å²) in [7, 11) is 4.47. The van der Waals surface area contributed by atoms with Gasteiger partial charge in [-0.05, 0) is 37.1 Å². The SMILES string of the molecule is COC(=O)N[C@@H](CC/C=C/C(=O)N(C)C)C(=O)Cc1cccn(CC2=Nc3c(ncnc3Oc3ccccc3)C2)c1=O. The molecule has 0 spiro atoms. The largest absolute Gasteiger partial charge is 0.453 e. The number of carbonyl (C=O) groups excluding carboxylic acids is 3. The molecule has 12 heteroatoms. The molecule has 1 N–H and O–H groups in total. The maximum absolute atomic E-state index is 13.3. The third kappa shape index (κ3) is 7.74. The summed E-state index contributed by atoms with van der Waals surface area (Å²) < 4.78 is 12.0. The lowest BCUT2D eigenvalue weighted by molar-refractivity contribution is -0.123. The quantitative estimate of drug-likeness (QED) is 0.326. The Bertz CT molecular complexity index is 1560. The molecular weight excluding hydrogens is 540 g/mol. The molecule has 42 heavy (non-hydrogen) atoms. The highest BCUT2D eigenvalue weighted by atomic mass is 16.5. The van der Waals surface area contributed by atoms with Crippen molar-refractivity contribution in [2.45, 2.75) is 38.3 Å². The zero-order valence-corrected chi connectivity index (χ0v) is 23.6. The molecule has 0 radical (unpaired) electrons. The Hall–Kier alpha value is -5.13. The normalized spacial score (nSPS) is 12.8. The van der Waals surface area contributed by atoms with Crippen LogP contribution in [0.4, 0.5) is 10.5 Å². The van der Waals surface area contributed by atoms with Gasteiger partial charge in [-0.3, -0.25) is 14.4 Å². The minimum Gasteiger partial charge on any atom is -0.453 e. The number of alkyl carbamates (subject to hydrolysis) is 1. The van der Waals surface area contributed by atoms with Gasteiger partial charge in [-0.2, -0.15) is 4.98 Å². The Kier molecular flexibility index (Phi) is 9.93. The average Bonchev–Trinajstić information content (AvgIpc) is 3.40. The van der Waals surface area contributed by atoms with Crippen LogP contribution in [0.15, 0.2) is 76.9 Å². The first-order valence-corrected chi connectivity index (χ1v) is 13.3. The highest BCUT2D eigenvalue weighted by Crippen LogP contribution is 2.35. The van der Waals surface area contributed by atoms with E-state index in [1.54, 1.807) is 38.5 Å². The number of nitrogens with one attached hydrogen (secondary N) is 1. The van der Waals surface area contributed by atoms with E-state index in [9.17, 15) is 19.2 Å². The number of aliphatic imine (C=N–C) groups is 1. The predicted octanol–water partition coefficient (Wildman–Crippen LogP) is 3.02. The molecule has 3 aromatic rings. The highest BCUT2D eigenvalue weighted by Gasteiger charge is 2.24. The molecule has 3 heterocycles. The maximum atomic E-state index is 13.3. The zero-order chi connectivity index (χ0) is 30.1. The van der Waals surface area contributed by atoms with Gasteiger partial charge in [-0.25, -0.2) is 14.8 Å². The van der Waals surface area contributed by atoms with E-state index in [-0.39, 0.29) is 42.2 Å². The smallest absolute Gasteiger partial charge is 0.407 e. The van der Waals surface area contributed by atoms with Crippen molar-refractivity contribution in [2.75, 3.05) is 21.2 Å². The fourth-order valence-corrected chi connectivity index (χ4v) is 4.26. The van der Waals surface area contributed by atoms with Crippen LogP contribution in [0.1, 0.15) is 24.1 Å². The van der Waals surface area contributed by atoms with Crippen LogP contribution in [0.3, 0.4) is 0 Å². The lowest BCUT2D eigenvalue weighted by Crippen LogP contribution is -2.42. The molecule has 0 saturated heterocycles. The summed E-state index contributed by atoms with van der Waals surface area (Å²) in [6.07, 6.45) is 6.15. The molecule has 12 nitrogen and oxygen atoms in total. The van der Waals surface area contributed by atoms with E-state index in [2.05, 4.69) is 25.0 Å². The van der Waals surface area contributed by atoms with E-state index in [0.29, 0.717) is 41.6 Å². The second kappa shape index (κ2) is 14.0. The first-order chi connectivity index (χ1) is 20.2. The number of likely N-dealkylation sites (N-methyl/N-ethyl adjacent to an activating group) is 1. The number of carbonyl (C=O) groups is 3. The lowest BCUT2D eigenvalue weighted by atomic mass is 10.0. The van der Waals surface area contributed by atoms with Crippen LogP contribution in [0.5, 0.6) is 11.6 Å². The minimum absolute atomic E-state index is 0.189. The fraction of sp³-hybridized carbons (Fsp3) is 0.300. The number of Topliss-reactive ketones (excluding diaryl/α,β-unsaturated/α-hetero) is 1. The summed E-state index contributed by atoms with van der Waals surface area (Å²) in [6, 6.07) is 11.6. The highest BCUT2D eigenvalue weighted by molar-refractivity contribution is 5.94. The molecule has 2 aromatic heterocycles. The summed E-state index contributed by atoms with van der Waals surface area (Å²) in [5, 5.41) is 2.53. The molecular formula is C30H32N6O6. The van der Waals surface area contributed by atoms with Gasteiger partial charge >= 0.3 is 6.09 Å². The summed E-state index contributed by atoms with van der Waals surface area (Å²) in [5.74, 6) is 0.406. The number of amides is 2. The van der Waals surface area contributed by atoms with Gasteiger partial charge in [0, 0.05) is 44.4 Å². The average molecular weight is 573 g/mol. The Morgan fingerprint density at radius 3 is 2.64 bits per heavy atom. The van der Waals surface area contributed by atoms with Crippen LogP contribution >= 0.6 is 0 Å². The van der Waals surface area contributed by atoms with Gasteiger partial charge in [0.15, 0.2) is 5.78 Å². The zero-order valence-electron chi connectivity index (χ0n) is 23.6. The van der Waals surface area contributed by atoms with E-state index in [0.717, 1.165) is 0 Å². The summed E-state index contributed by atoms with van der Waals surface area (Å²) >= 11 is 0. The molecule has 0 fully saturated rings. The number of benzene rings is 1. The van der Waals surface area contributed by atoms with Crippen molar-refractivity contribution in [1.82, 2.24) is 24.8 Å². The number of fused-ring (bicyclic) bond motifs is 1. The van der Waals surface area contributed by atoms with Gasteiger partial charge in [0.05, 0.1) is 25.4 Å². The van der Waals surface area contributed by atoms with Crippen molar-refractivity contribution in [2.24, 2.45) is 4.99 Å². The van der Waals surface area contributed by atoms with E-state index in [1.807, 2.05) is 30.3 Å². The van der Waals surface area contributed by atoms with Crippen molar-refractivity contribution in [3.8, 4) is 11.6 Å². The first kappa shape index (κ1) is 29.8. The lowest BCUT2D eigenvalue weighted by Gasteiger charge is -2.16. The molecule has 4 rings (SSSR count). The summed E-state index contributed by atoms with van der Waals surface area (Å²) in [5.41, 5.74) is 1.85. The van der Waals surface area contributed by atoms with Crippen LogP contribution in [-0.2, 0) is 33.7 Å². The number of rotatable bonds is 12. The number of aromatic nitrogens is 3. The molecule has 0 unspecified atom stereocenters. The van der Waals surface area contributed by atoms with E-state index in [4.69, 9.17) is 4.74 Å². The third-order valence-corrected chi connectivity index (χ3v) is 6.47. The minimum atomic E-state index is -0.903. The van der Waals surface area contributed by atoms with Gasteiger partial charge in [-0.15, -0.1) is 0 Å². The Morgan fingerprint density at radius 2 is 1.90 bits per heavy atom. The molecule has 0 saturated carbocycles. The van der Waals surface area contributed by atoms with Gasteiger partial charge in [0.2, 0.25) is 11.8 Å². The Labute approximate surface area is 242 Å². The molecule has 0 bridgehead atoms. The first-order valence-electron chi connectivity index (χ1n) is 13.3. The predicted molar refractivity (Wildman–Crippen MR) is 155 cm³/mol. The second-order valence-corrected chi connectivity index (χ2v) is 9.75. The topological polar surface area (TPSA) is 145 Å². The monoisotopic (exact) mass is 572 g/mol. The van der Waals surface area contributed by atoms with Crippen molar-refractivity contribution < 1.29 is 23.9 Å². The number of para-hydroxylation sites is 1. The van der Waals surface area contributed by atoms with Gasteiger partial charge in [0.1, 0.15) is 17.8 Å². The Balaban J connectivity index is 1.45. The summed E-state index contributed by atoms with van der Waals surface area (Å²) in [4.78, 5) is 64.8. The van der Waals surface area contributed by atoms with Crippen LogP contribution in [0.2, 0.25) is 0 Å². The third-order valence-electron chi connectivity index (χ3n) is 6.47. The van der Waals surface area contributed by atoms with Gasteiger partial charge < -0.3 is 24.3 Å². The van der Waals surface area contributed by atoms with Crippen molar-refractivity contribution in [1.29, 1.82) is 0 Å². The van der Waals surface area contributed by atoms with Crippen LogP contribution in [0, 0.1) is 0 Å². The molecule has 1 aliphatic rings. The van der Waals surface area contributed by atoms with Crippen molar-refractivity contribution in [3.63, 3.8) is 0 Å². The number of methoxy groups -OCH3 is 1. The Morgan fingerprint density at radius 1 is 1.12 bits per heavy atom. The van der Waals surface area contributed by atoms with E-state index >= 15 is 0 Å². The van der Waals surface area contributed by atoms with Crippen LogP contribution < -0.4 is 15.6 Å². The second-order valence-electron chi connectivity index (χ2n) is 9.75. The number of allylic oxidation sites excluding steroid dienone is 1. The molecule has 1 aliphatic heterocycles. The molecule has 2 amide bonds. The fourth-order valence-electron chi connectivity index (χ4n) is 4.26. The maximum Gasteiger partial charge on any atom is 0.407 e. The number of hydrogen-bond donors (Lipinski definition) is 1. The number of ether oxygens (including phenoxy) is 2. The molecule has 0 aliphatic carbocycles. The number of pyridine rings is 1.